The van der Waals surface area contributed by atoms with Crippen LogP contribution in [-0.2, 0) is 6.54 Å². The maximum atomic E-state index is 11.9. The predicted molar refractivity (Wildman–Crippen MR) is 70.8 cm³/mol. The SMILES string of the molecule is Cc1cccn(Cc2ccccc2B(O)O)c1=O. The number of nitrogens with zero attached hydrogens (tertiary/aromatic N) is 1. The number of aryl methyl sites for hydroxylation is 1. The van der Waals surface area contributed by atoms with Gasteiger partial charge in [-0.25, -0.2) is 0 Å². The summed E-state index contributed by atoms with van der Waals surface area (Å²) in [4.78, 5) is 11.9. The summed E-state index contributed by atoms with van der Waals surface area (Å²) in [6.45, 7) is 2.08. The molecule has 1 aromatic carbocycles. The van der Waals surface area contributed by atoms with Gasteiger partial charge in [-0.2, -0.15) is 0 Å². The van der Waals surface area contributed by atoms with Crippen molar-refractivity contribution >= 4 is 12.6 Å². The Kier molecular flexibility index (Phi) is 3.65. The highest BCUT2D eigenvalue weighted by atomic mass is 16.4. The van der Waals surface area contributed by atoms with Gasteiger partial charge >= 0.3 is 7.12 Å². The highest BCUT2D eigenvalue weighted by Crippen LogP contribution is 2.00. The Bertz CT molecular complexity index is 607. The van der Waals surface area contributed by atoms with Crippen molar-refractivity contribution in [2.75, 3.05) is 0 Å². The van der Waals surface area contributed by atoms with E-state index in [0.29, 0.717) is 17.6 Å². The Hall–Kier alpha value is -1.85. The molecule has 0 aliphatic carbocycles. The van der Waals surface area contributed by atoms with E-state index < -0.39 is 7.12 Å². The summed E-state index contributed by atoms with van der Waals surface area (Å²) in [5, 5.41) is 18.5. The molecule has 0 spiro atoms. The van der Waals surface area contributed by atoms with Gasteiger partial charge in [0.1, 0.15) is 0 Å². The zero-order valence-corrected chi connectivity index (χ0v) is 10.1. The van der Waals surface area contributed by atoms with Crippen molar-refractivity contribution in [1.29, 1.82) is 0 Å². The standard InChI is InChI=1S/C13H14BNO3/c1-10-5-4-8-15(13(10)16)9-11-6-2-3-7-12(11)14(17)18/h2-8,17-18H,9H2,1H3. The second kappa shape index (κ2) is 5.20. The smallest absolute Gasteiger partial charge is 0.423 e. The van der Waals surface area contributed by atoms with Crippen molar-refractivity contribution in [3.8, 4) is 0 Å². The first kappa shape index (κ1) is 12.6. The Balaban J connectivity index is 2.40. The molecule has 0 amide bonds. The molecule has 18 heavy (non-hydrogen) atoms. The minimum absolute atomic E-state index is 0.0697. The summed E-state index contributed by atoms with van der Waals surface area (Å²) in [5.41, 5.74) is 1.74. The molecule has 0 unspecified atom stereocenters. The Morgan fingerprint density at radius 1 is 1.17 bits per heavy atom. The van der Waals surface area contributed by atoms with E-state index in [1.807, 2.05) is 6.07 Å². The van der Waals surface area contributed by atoms with Gasteiger partial charge in [-0.15, -0.1) is 0 Å². The monoisotopic (exact) mass is 243 g/mol. The summed E-state index contributed by atoms with van der Waals surface area (Å²) in [7, 11) is -1.53. The topological polar surface area (TPSA) is 62.5 Å². The van der Waals surface area contributed by atoms with E-state index in [0.717, 1.165) is 5.56 Å². The lowest BCUT2D eigenvalue weighted by atomic mass is 9.77. The molecule has 0 aliphatic rings. The maximum absolute atomic E-state index is 11.9. The van der Waals surface area contributed by atoms with Gasteiger partial charge in [0.25, 0.3) is 5.56 Å². The van der Waals surface area contributed by atoms with E-state index in [-0.39, 0.29) is 5.56 Å². The third-order valence-corrected chi connectivity index (χ3v) is 2.88. The van der Waals surface area contributed by atoms with Gasteiger partial charge < -0.3 is 14.6 Å². The first-order valence-electron chi connectivity index (χ1n) is 5.69. The van der Waals surface area contributed by atoms with Gasteiger partial charge in [0.2, 0.25) is 0 Å². The quantitative estimate of drug-likeness (QED) is 0.739. The van der Waals surface area contributed by atoms with Crippen molar-refractivity contribution in [3.05, 3.63) is 64.1 Å². The molecule has 1 heterocycles. The Labute approximate surface area is 105 Å². The summed E-state index contributed by atoms with van der Waals surface area (Å²) in [6.07, 6.45) is 1.69. The molecule has 0 bridgehead atoms. The molecule has 4 nitrogen and oxygen atoms in total. The first-order chi connectivity index (χ1) is 8.59. The van der Waals surface area contributed by atoms with Crippen molar-refractivity contribution in [2.45, 2.75) is 13.5 Å². The maximum Gasteiger partial charge on any atom is 0.488 e. The molecule has 5 heteroatoms. The second-order valence-electron chi connectivity index (χ2n) is 4.20. The molecule has 0 aliphatic heterocycles. The van der Waals surface area contributed by atoms with E-state index >= 15 is 0 Å². The molecular formula is C13H14BNO3. The lowest BCUT2D eigenvalue weighted by molar-refractivity contribution is 0.425. The zero-order chi connectivity index (χ0) is 13.1. The van der Waals surface area contributed by atoms with Crippen molar-refractivity contribution < 1.29 is 10.0 Å². The molecule has 2 rings (SSSR count). The molecule has 0 atom stereocenters. The van der Waals surface area contributed by atoms with Crippen LogP contribution in [0.15, 0.2) is 47.4 Å². The Morgan fingerprint density at radius 3 is 2.61 bits per heavy atom. The summed E-state index contributed by atoms with van der Waals surface area (Å²) >= 11 is 0. The average Bonchev–Trinajstić information content (AvgIpc) is 2.35. The summed E-state index contributed by atoms with van der Waals surface area (Å²) in [5.74, 6) is 0. The molecule has 0 saturated carbocycles. The minimum Gasteiger partial charge on any atom is -0.423 e. The van der Waals surface area contributed by atoms with Gasteiger partial charge in [-0.3, -0.25) is 4.79 Å². The van der Waals surface area contributed by atoms with Crippen molar-refractivity contribution in [1.82, 2.24) is 4.57 Å². The molecule has 0 saturated heterocycles. The molecule has 1 aromatic heterocycles. The van der Waals surface area contributed by atoms with Gasteiger partial charge in [0, 0.05) is 11.8 Å². The van der Waals surface area contributed by atoms with Gasteiger partial charge in [-0.05, 0) is 24.0 Å². The number of benzene rings is 1. The van der Waals surface area contributed by atoms with E-state index in [9.17, 15) is 14.8 Å². The second-order valence-corrected chi connectivity index (χ2v) is 4.20. The van der Waals surface area contributed by atoms with Gasteiger partial charge in [0.15, 0.2) is 0 Å². The van der Waals surface area contributed by atoms with Gasteiger partial charge in [-0.1, -0.05) is 30.3 Å². The predicted octanol–water partition coefficient (Wildman–Crippen LogP) is -0.115. The average molecular weight is 243 g/mol. The van der Waals surface area contributed by atoms with Crippen LogP contribution < -0.4 is 11.0 Å². The molecule has 2 aromatic rings. The van der Waals surface area contributed by atoms with Crippen molar-refractivity contribution in [3.63, 3.8) is 0 Å². The van der Waals surface area contributed by atoms with E-state index in [2.05, 4.69) is 0 Å². The van der Waals surface area contributed by atoms with Gasteiger partial charge in [0.05, 0.1) is 6.54 Å². The van der Waals surface area contributed by atoms with E-state index in [1.54, 1.807) is 48.0 Å². The zero-order valence-electron chi connectivity index (χ0n) is 10.1. The molecule has 0 fully saturated rings. The van der Waals surface area contributed by atoms with Crippen LogP contribution in [0.25, 0.3) is 0 Å². The fourth-order valence-electron chi connectivity index (χ4n) is 1.89. The van der Waals surface area contributed by atoms with Crippen LogP contribution in [0.2, 0.25) is 0 Å². The molecule has 2 N–H and O–H groups in total. The lowest BCUT2D eigenvalue weighted by Gasteiger charge is -2.11. The number of pyridine rings is 1. The van der Waals surface area contributed by atoms with Crippen molar-refractivity contribution in [2.24, 2.45) is 0 Å². The van der Waals surface area contributed by atoms with Crippen LogP contribution in [0, 0.1) is 6.92 Å². The lowest BCUT2D eigenvalue weighted by Crippen LogP contribution is -2.34. The molecule has 0 radical (unpaired) electrons. The fraction of sp³-hybridized carbons (Fsp3) is 0.154. The molecule has 92 valence electrons. The third-order valence-electron chi connectivity index (χ3n) is 2.88. The van der Waals surface area contributed by atoms with Crippen LogP contribution in [0.4, 0.5) is 0 Å². The van der Waals surface area contributed by atoms with E-state index in [4.69, 9.17) is 0 Å². The molecular weight excluding hydrogens is 229 g/mol. The normalized spacial score (nSPS) is 10.4. The fourth-order valence-corrected chi connectivity index (χ4v) is 1.89. The highest BCUT2D eigenvalue weighted by molar-refractivity contribution is 6.59. The number of hydrogen-bond acceptors (Lipinski definition) is 3. The van der Waals surface area contributed by atoms with Crippen LogP contribution >= 0.6 is 0 Å². The summed E-state index contributed by atoms with van der Waals surface area (Å²) in [6, 6.07) is 10.5. The summed E-state index contributed by atoms with van der Waals surface area (Å²) < 4.78 is 1.55. The van der Waals surface area contributed by atoms with Crippen LogP contribution in [-0.4, -0.2) is 21.7 Å². The number of aromatic nitrogens is 1. The number of rotatable bonds is 3. The van der Waals surface area contributed by atoms with E-state index in [1.165, 1.54) is 0 Å². The largest absolute Gasteiger partial charge is 0.488 e. The number of hydrogen-bond donors (Lipinski definition) is 2. The van der Waals surface area contributed by atoms with Crippen LogP contribution in [0.1, 0.15) is 11.1 Å². The minimum atomic E-state index is -1.53. The first-order valence-corrected chi connectivity index (χ1v) is 5.69. The third kappa shape index (κ3) is 2.52. The van der Waals surface area contributed by atoms with Crippen LogP contribution in [0.3, 0.4) is 0 Å². The Morgan fingerprint density at radius 2 is 1.89 bits per heavy atom. The van der Waals surface area contributed by atoms with Crippen LogP contribution in [0.5, 0.6) is 0 Å². The highest BCUT2D eigenvalue weighted by Gasteiger charge is 2.15.